The van der Waals surface area contributed by atoms with Crippen molar-refractivity contribution in [1.82, 2.24) is 5.32 Å². The molecule has 2 aliphatic carbocycles. The molecule has 154 valence electrons. The van der Waals surface area contributed by atoms with Crippen LogP contribution in [-0.4, -0.2) is 38.9 Å². The van der Waals surface area contributed by atoms with E-state index in [9.17, 15) is 4.79 Å². The minimum absolute atomic E-state index is 0.0667. The largest absolute Gasteiger partial charge is 0.491 e. The summed E-state index contributed by atoms with van der Waals surface area (Å²) >= 11 is 0. The number of carbonyl (C=O) groups is 1. The molecule has 28 heavy (non-hydrogen) atoms. The van der Waals surface area contributed by atoms with Crippen molar-refractivity contribution in [3.05, 3.63) is 29.8 Å². The second kappa shape index (κ2) is 7.34. The van der Waals surface area contributed by atoms with Gasteiger partial charge in [0.2, 0.25) is 5.91 Å². The van der Waals surface area contributed by atoms with Crippen LogP contribution in [0.2, 0.25) is 0 Å². The van der Waals surface area contributed by atoms with Crippen molar-refractivity contribution in [2.24, 2.45) is 22.7 Å². The van der Waals surface area contributed by atoms with Gasteiger partial charge in [0.25, 0.3) is 0 Å². The van der Waals surface area contributed by atoms with E-state index in [1.54, 1.807) is 14.0 Å². The fourth-order valence-corrected chi connectivity index (χ4v) is 6.34. The van der Waals surface area contributed by atoms with E-state index in [2.05, 4.69) is 31.3 Å². The molecule has 1 aliphatic heterocycles. The molecule has 1 aromatic carbocycles. The Morgan fingerprint density at radius 2 is 2.14 bits per heavy atom. The first-order chi connectivity index (χ1) is 13.4. The van der Waals surface area contributed by atoms with Gasteiger partial charge in [-0.15, -0.1) is 0 Å². The monoisotopic (exact) mass is 387 g/mol. The van der Waals surface area contributed by atoms with Gasteiger partial charge in [-0.1, -0.05) is 26.0 Å². The lowest BCUT2D eigenvalue weighted by Gasteiger charge is -2.53. The van der Waals surface area contributed by atoms with Gasteiger partial charge in [0.1, 0.15) is 12.4 Å². The van der Waals surface area contributed by atoms with Crippen molar-refractivity contribution >= 4 is 5.91 Å². The zero-order valence-corrected chi connectivity index (χ0v) is 17.5. The summed E-state index contributed by atoms with van der Waals surface area (Å²) in [6.07, 6.45) is 3.46. The highest BCUT2D eigenvalue weighted by atomic mass is 16.5. The second-order valence-electron chi connectivity index (χ2n) is 9.39. The van der Waals surface area contributed by atoms with Gasteiger partial charge in [-0.05, 0) is 59.6 Å². The first-order valence-corrected chi connectivity index (χ1v) is 10.5. The van der Waals surface area contributed by atoms with Crippen LogP contribution in [0.15, 0.2) is 24.3 Å². The molecule has 1 spiro atoms. The lowest BCUT2D eigenvalue weighted by atomic mass is 9.59. The second-order valence-corrected chi connectivity index (χ2v) is 9.39. The Kier molecular flexibility index (Phi) is 5.17. The number of hydrogen-bond donors (Lipinski definition) is 1. The van der Waals surface area contributed by atoms with Crippen molar-refractivity contribution in [2.45, 2.75) is 52.2 Å². The van der Waals surface area contributed by atoms with E-state index in [0.29, 0.717) is 25.0 Å². The van der Waals surface area contributed by atoms with E-state index in [-0.39, 0.29) is 28.9 Å². The van der Waals surface area contributed by atoms with Crippen molar-refractivity contribution in [3.8, 4) is 5.75 Å². The smallest absolute Gasteiger partial charge is 0.217 e. The van der Waals surface area contributed by atoms with Crippen LogP contribution in [0.3, 0.4) is 0 Å². The summed E-state index contributed by atoms with van der Waals surface area (Å²) in [4.78, 5) is 12.0. The number of carbonyl (C=O) groups excluding carboxylic acids is 1. The van der Waals surface area contributed by atoms with Crippen molar-refractivity contribution in [2.75, 3.05) is 26.9 Å². The molecule has 1 aromatic rings. The van der Waals surface area contributed by atoms with Gasteiger partial charge < -0.3 is 19.5 Å². The molecule has 0 radical (unpaired) electrons. The highest BCUT2D eigenvalue weighted by Crippen LogP contribution is 2.70. The Bertz CT molecular complexity index is 733. The van der Waals surface area contributed by atoms with Crippen LogP contribution in [0, 0.1) is 22.7 Å². The highest BCUT2D eigenvalue weighted by molar-refractivity contribution is 5.73. The maximum absolute atomic E-state index is 12.0. The SMILES string of the molecule is COCCOc1cccc([C@H]2OCC[C@@]34C[C@@H](C[C@H]23)C(C)(C)[C@@H]4NC(C)=O)c1. The number of methoxy groups -OCH3 is 1. The Hall–Kier alpha value is -1.59. The number of rotatable bonds is 6. The zero-order chi connectivity index (χ0) is 19.9. The molecule has 0 unspecified atom stereocenters. The van der Waals surface area contributed by atoms with Gasteiger partial charge in [0, 0.05) is 26.7 Å². The average molecular weight is 388 g/mol. The molecular formula is C23H33NO4. The molecule has 3 fully saturated rings. The van der Waals surface area contributed by atoms with E-state index >= 15 is 0 Å². The molecule has 5 heteroatoms. The Morgan fingerprint density at radius 3 is 2.89 bits per heavy atom. The maximum atomic E-state index is 12.0. The number of fused-ring (bicyclic) bond motifs is 1. The first kappa shape index (κ1) is 19.7. The number of ether oxygens (including phenoxy) is 3. The molecule has 2 saturated carbocycles. The molecule has 5 atom stereocenters. The number of amides is 1. The van der Waals surface area contributed by atoms with E-state index in [1.807, 2.05) is 12.1 Å². The molecular weight excluding hydrogens is 354 g/mol. The molecule has 1 amide bonds. The number of hydrogen-bond acceptors (Lipinski definition) is 4. The predicted octanol–water partition coefficient (Wildman–Crippen LogP) is 3.73. The van der Waals surface area contributed by atoms with Gasteiger partial charge in [0.05, 0.1) is 12.7 Å². The fourth-order valence-electron chi connectivity index (χ4n) is 6.34. The van der Waals surface area contributed by atoms with E-state index in [1.165, 1.54) is 18.4 Å². The molecule has 5 nitrogen and oxygen atoms in total. The normalized spacial score (nSPS) is 35.4. The average Bonchev–Trinajstić information content (AvgIpc) is 3.15. The highest BCUT2D eigenvalue weighted by Gasteiger charge is 2.68. The lowest BCUT2D eigenvalue weighted by Crippen LogP contribution is -2.58. The maximum Gasteiger partial charge on any atom is 0.217 e. The fraction of sp³-hybridized carbons (Fsp3) is 0.696. The van der Waals surface area contributed by atoms with Crippen LogP contribution in [-0.2, 0) is 14.3 Å². The summed E-state index contributed by atoms with van der Waals surface area (Å²) in [5.41, 5.74) is 1.45. The van der Waals surface area contributed by atoms with Crippen molar-refractivity contribution in [1.29, 1.82) is 0 Å². The summed E-state index contributed by atoms with van der Waals surface area (Å²) < 4.78 is 17.2. The van der Waals surface area contributed by atoms with Crippen molar-refractivity contribution < 1.29 is 19.0 Å². The van der Waals surface area contributed by atoms with E-state index in [4.69, 9.17) is 14.2 Å². The van der Waals surface area contributed by atoms with Crippen LogP contribution in [0.1, 0.15) is 51.7 Å². The van der Waals surface area contributed by atoms with E-state index in [0.717, 1.165) is 18.8 Å². The summed E-state index contributed by atoms with van der Waals surface area (Å²) in [6, 6.07) is 8.52. The Balaban J connectivity index is 1.60. The predicted molar refractivity (Wildman–Crippen MR) is 107 cm³/mol. The molecule has 2 bridgehead atoms. The molecule has 3 aliphatic rings. The van der Waals surface area contributed by atoms with Crippen molar-refractivity contribution in [3.63, 3.8) is 0 Å². The topological polar surface area (TPSA) is 56.8 Å². The third-order valence-electron chi connectivity index (χ3n) is 7.60. The van der Waals surface area contributed by atoms with Gasteiger partial charge >= 0.3 is 0 Å². The third-order valence-corrected chi connectivity index (χ3v) is 7.60. The molecule has 0 aromatic heterocycles. The summed E-state index contributed by atoms with van der Waals surface area (Å²) in [5, 5.41) is 3.34. The van der Waals surface area contributed by atoms with Gasteiger partial charge in [0.15, 0.2) is 0 Å². The standard InChI is InChI=1S/C23H33NO4/c1-15(25)24-21-22(2,3)17-13-19-20(28-9-8-23(19,21)14-17)16-6-5-7-18(12-16)27-11-10-26-4/h5-7,12,17,19-21H,8-11,13-14H2,1-4H3,(H,24,25)/t17-,19-,20-,21+,23-/m1/s1. The molecule has 4 rings (SSSR count). The zero-order valence-electron chi connectivity index (χ0n) is 17.5. The van der Waals surface area contributed by atoms with E-state index < -0.39 is 0 Å². The van der Waals surface area contributed by atoms with Gasteiger partial charge in [-0.25, -0.2) is 0 Å². The molecule has 1 heterocycles. The number of benzene rings is 1. The van der Waals surface area contributed by atoms with Crippen LogP contribution in [0.5, 0.6) is 5.75 Å². The van der Waals surface area contributed by atoms with Crippen LogP contribution < -0.4 is 10.1 Å². The summed E-state index contributed by atoms with van der Waals surface area (Å²) in [6.45, 7) is 8.17. The summed E-state index contributed by atoms with van der Waals surface area (Å²) in [7, 11) is 1.68. The Morgan fingerprint density at radius 1 is 1.32 bits per heavy atom. The minimum Gasteiger partial charge on any atom is -0.491 e. The van der Waals surface area contributed by atoms with Crippen LogP contribution in [0.25, 0.3) is 0 Å². The van der Waals surface area contributed by atoms with Gasteiger partial charge in [-0.3, -0.25) is 4.79 Å². The number of nitrogens with one attached hydrogen (secondary N) is 1. The first-order valence-electron chi connectivity index (χ1n) is 10.5. The minimum atomic E-state index is 0.0667. The van der Waals surface area contributed by atoms with Gasteiger partial charge in [-0.2, -0.15) is 0 Å². The Labute approximate surface area is 168 Å². The third kappa shape index (κ3) is 3.13. The lowest BCUT2D eigenvalue weighted by molar-refractivity contribution is -0.136. The van der Waals surface area contributed by atoms with Crippen LogP contribution >= 0.6 is 0 Å². The summed E-state index contributed by atoms with van der Waals surface area (Å²) in [5.74, 6) is 2.00. The molecule has 1 N–H and O–H groups in total. The quantitative estimate of drug-likeness (QED) is 0.756. The van der Waals surface area contributed by atoms with Crippen LogP contribution in [0.4, 0.5) is 0 Å². The molecule has 1 saturated heterocycles.